The van der Waals surface area contributed by atoms with Gasteiger partial charge < -0.3 is 4.74 Å². The number of alkyl halides is 1. The summed E-state index contributed by atoms with van der Waals surface area (Å²) in [7, 11) is 0. The summed E-state index contributed by atoms with van der Waals surface area (Å²) in [5, 5.41) is 0.596. The lowest BCUT2D eigenvalue weighted by atomic mass is 9.74. The number of Topliss-reactive ketones (excluding diaryl/α,β-unsaturated/α-hetero) is 1. The summed E-state index contributed by atoms with van der Waals surface area (Å²) in [5.74, 6) is -0.644. The molecule has 0 amide bonds. The Morgan fingerprint density at radius 3 is 2.30 bits per heavy atom. The van der Waals surface area contributed by atoms with Crippen LogP contribution in [-0.4, -0.2) is 16.1 Å². The molecule has 0 spiro atoms. The molecule has 108 valence electrons. The summed E-state index contributed by atoms with van der Waals surface area (Å²) in [6.07, 6.45) is -0.117. The summed E-state index contributed by atoms with van der Waals surface area (Å²) >= 11 is 9.40. The number of ketones is 1. The van der Waals surface area contributed by atoms with Crippen molar-refractivity contribution in [3.8, 4) is 0 Å². The van der Waals surface area contributed by atoms with E-state index in [1.807, 2.05) is 6.92 Å². The highest BCUT2D eigenvalue weighted by molar-refractivity contribution is 9.10. The lowest BCUT2D eigenvalue weighted by molar-refractivity contribution is -0.176. The molecule has 0 aliphatic carbocycles. The Morgan fingerprint density at radius 1 is 1.25 bits per heavy atom. The minimum atomic E-state index is -1.14. The predicted octanol–water partition coefficient (Wildman–Crippen LogP) is 4.08. The molecular formula is C15H16BrClO3. The molecule has 0 N–H and O–H groups in total. The lowest BCUT2D eigenvalue weighted by Crippen LogP contribution is -2.55. The molecule has 3 nitrogen and oxygen atoms in total. The molecule has 0 aromatic heterocycles. The van der Waals surface area contributed by atoms with Crippen molar-refractivity contribution in [2.24, 2.45) is 5.41 Å². The molecule has 0 unspecified atom stereocenters. The summed E-state index contributed by atoms with van der Waals surface area (Å²) in [6, 6.07) is 6.99. The van der Waals surface area contributed by atoms with E-state index in [9.17, 15) is 9.59 Å². The Kier molecular flexibility index (Phi) is 4.00. The quantitative estimate of drug-likeness (QED) is 0.454. The molecule has 20 heavy (non-hydrogen) atoms. The Bertz CT molecular complexity index is 553. The highest BCUT2D eigenvalue weighted by Crippen LogP contribution is 2.49. The van der Waals surface area contributed by atoms with Crippen LogP contribution in [0.2, 0.25) is 5.02 Å². The van der Waals surface area contributed by atoms with Crippen LogP contribution >= 0.6 is 27.5 Å². The third kappa shape index (κ3) is 2.29. The maximum atomic E-state index is 12.7. The van der Waals surface area contributed by atoms with Crippen LogP contribution in [0.1, 0.15) is 38.9 Å². The maximum absolute atomic E-state index is 12.7. The highest BCUT2D eigenvalue weighted by atomic mass is 79.9. The first kappa shape index (κ1) is 15.5. The van der Waals surface area contributed by atoms with Gasteiger partial charge in [0.1, 0.15) is 15.8 Å². The summed E-state index contributed by atoms with van der Waals surface area (Å²) in [6.45, 7) is 5.09. The van der Waals surface area contributed by atoms with Gasteiger partial charge in [0.2, 0.25) is 0 Å². The zero-order valence-corrected chi connectivity index (χ0v) is 13.9. The van der Waals surface area contributed by atoms with E-state index >= 15 is 0 Å². The average Bonchev–Trinajstić information content (AvgIpc) is 2.42. The first-order valence-electron chi connectivity index (χ1n) is 6.44. The average molecular weight is 360 g/mol. The molecule has 0 bridgehead atoms. The summed E-state index contributed by atoms with van der Waals surface area (Å²) < 4.78 is 4.65. The van der Waals surface area contributed by atoms with Crippen LogP contribution in [0.3, 0.4) is 0 Å². The van der Waals surface area contributed by atoms with E-state index in [4.69, 9.17) is 16.3 Å². The van der Waals surface area contributed by atoms with E-state index in [-0.39, 0.29) is 5.78 Å². The molecule has 0 saturated carbocycles. The van der Waals surface area contributed by atoms with Crippen molar-refractivity contribution in [3.05, 3.63) is 34.9 Å². The molecule has 1 aromatic carbocycles. The van der Waals surface area contributed by atoms with E-state index in [1.54, 1.807) is 38.1 Å². The number of benzene rings is 1. The van der Waals surface area contributed by atoms with Gasteiger partial charge in [-0.05, 0) is 38.0 Å². The Balaban J connectivity index is 2.49. The van der Waals surface area contributed by atoms with Gasteiger partial charge in [-0.2, -0.15) is 0 Å². The van der Waals surface area contributed by atoms with Crippen LogP contribution in [0.4, 0.5) is 0 Å². The van der Waals surface area contributed by atoms with Crippen LogP contribution in [0.15, 0.2) is 24.3 Å². The highest BCUT2D eigenvalue weighted by Gasteiger charge is 2.58. The van der Waals surface area contributed by atoms with Gasteiger partial charge >= 0.3 is 5.97 Å². The second-order valence-corrected chi connectivity index (χ2v) is 7.36. The second kappa shape index (κ2) is 5.15. The fourth-order valence-electron chi connectivity index (χ4n) is 2.39. The number of ether oxygens (including phenoxy) is 1. The second-order valence-electron chi connectivity index (χ2n) is 5.51. The molecule has 1 aliphatic heterocycles. The number of cyclic esters (lactones) is 1. The van der Waals surface area contributed by atoms with Gasteiger partial charge in [-0.1, -0.05) is 46.6 Å². The number of rotatable bonds is 2. The van der Waals surface area contributed by atoms with Gasteiger partial charge in [0, 0.05) is 5.02 Å². The SMILES string of the molecule is CC[C@@]1(Br)C(=O)C(C)(C)C(=O)O[C@H]1c1ccc(Cl)cc1. The largest absolute Gasteiger partial charge is 0.455 e. The monoisotopic (exact) mass is 358 g/mol. The van der Waals surface area contributed by atoms with Crippen molar-refractivity contribution in [2.75, 3.05) is 0 Å². The minimum Gasteiger partial charge on any atom is -0.455 e. The van der Waals surface area contributed by atoms with E-state index in [1.165, 1.54) is 0 Å². The maximum Gasteiger partial charge on any atom is 0.319 e. The minimum absolute atomic E-state index is 0.149. The Labute approximate surface area is 131 Å². The first-order chi connectivity index (χ1) is 9.23. The van der Waals surface area contributed by atoms with E-state index in [2.05, 4.69) is 15.9 Å². The van der Waals surface area contributed by atoms with Gasteiger partial charge in [0.05, 0.1) is 0 Å². The van der Waals surface area contributed by atoms with Crippen molar-refractivity contribution in [1.29, 1.82) is 0 Å². The van der Waals surface area contributed by atoms with Crippen LogP contribution in [-0.2, 0) is 14.3 Å². The number of hydrogen-bond acceptors (Lipinski definition) is 3. The van der Waals surface area contributed by atoms with E-state index in [0.29, 0.717) is 11.4 Å². The Morgan fingerprint density at radius 2 is 1.80 bits per heavy atom. The normalized spacial score (nSPS) is 29.1. The van der Waals surface area contributed by atoms with Gasteiger partial charge in [-0.15, -0.1) is 0 Å². The fraction of sp³-hybridized carbons (Fsp3) is 0.467. The number of halogens is 2. The van der Waals surface area contributed by atoms with Crippen molar-refractivity contribution >= 4 is 39.3 Å². The Hall–Kier alpha value is -0.870. The third-order valence-corrected chi connectivity index (χ3v) is 5.37. The topological polar surface area (TPSA) is 43.4 Å². The van der Waals surface area contributed by atoms with Gasteiger partial charge in [0.25, 0.3) is 0 Å². The molecule has 1 aliphatic rings. The molecule has 1 aromatic rings. The van der Waals surface area contributed by atoms with Crippen LogP contribution in [0.5, 0.6) is 0 Å². The fourth-order valence-corrected chi connectivity index (χ4v) is 3.37. The smallest absolute Gasteiger partial charge is 0.319 e. The number of hydrogen-bond donors (Lipinski definition) is 0. The van der Waals surface area contributed by atoms with Gasteiger partial charge in [0.15, 0.2) is 5.78 Å². The van der Waals surface area contributed by atoms with E-state index < -0.39 is 21.8 Å². The molecule has 2 atom stereocenters. The molecule has 0 radical (unpaired) electrons. The number of carbonyl (C=O) groups is 2. The zero-order valence-electron chi connectivity index (χ0n) is 11.6. The van der Waals surface area contributed by atoms with Crippen molar-refractivity contribution in [3.63, 3.8) is 0 Å². The molecular weight excluding hydrogens is 344 g/mol. The van der Waals surface area contributed by atoms with Crippen molar-refractivity contribution in [1.82, 2.24) is 0 Å². The van der Waals surface area contributed by atoms with Crippen molar-refractivity contribution in [2.45, 2.75) is 37.6 Å². The van der Waals surface area contributed by atoms with Crippen molar-refractivity contribution < 1.29 is 14.3 Å². The van der Waals surface area contributed by atoms with Gasteiger partial charge in [-0.3, -0.25) is 9.59 Å². The summed E-state index contributed by atoms with van der Waals surface area (Å²) in [4.78, 5) is 24.8. The third-order valence-electron chi connectivity index (χ3n) is 3.78. The standard InChI is InChI=1S/C15H16BrClO3/c1-4-15(16)11(9-5-7-10(17)8-6-9)20-13(19)14(2,3)12(15)18/h5-8,11H,4H2,1-3H3/t11-,15-/m0/s1. The molecule has 2 rings (SSSR count). The number of carbonyl (C=O) groups excluding carboxylic acids is 2. The van der Waals surface area contributed by atoms with Crippen LogP contribution < -0.4 is 0 Å². The molecule has 1 heterocycles. The molecule has 5 heteroatoms. The predicted molar refractivity (Wildman–Crippen MR) is 81.0 cm³/mol. The lowest BCUT2D eigenvalue weighted by Gasteiger charge is -2.43. The van der Waals surface area contributed by atoms with Crippen LogP contribution in [0, 0.1) is 5.41 Å². The first-order valence-corrected chi connectivity index (χ1v) is 7.61. The zero-order chi connectivity index (χ0) is 15.1. The molecule has 1 fully saturated rings. The van der Waals surface area contributed by atoms with Crippen LogP contribution in [0.25, 0.3) is 0 Å². The number of esters is 1. The molecule has 1 saturated heterocycles. The summed E-state index contributed by atoms with van der Waals surface area (Å²) in [5.41, 5.74) is -0.382. The van der Waals surface area contributed by atoms with Gasteiger partial charge in [-0.25, -0.2) is 0 Å². The van der Waals surface area contributed by atoms with E-state index in [0.717, 1.165) is 5.56 Å².